The van der Waals surface area contributed by atoms with Crippen molar-refractivity contribution in [2.45, 2.75) is 26.8 Å². The van der Waals surface area contributed by atoms with Crippen molar-refractivity contribution in [2.75, 3.05) is 69.1 Å². The summed E-state index contributed by atoms with van der Waals surface area (Å²) in [6, 6.07) is 11.5. The maximum Gasteiger partial charge on any atom is 0.253 e. The van der Waals surface area contributed by atoms with Gasteiger partial charge in [-0.15, -0.1) is 0 Å². The largest absolute Gasteiger partial charge is 0.380 e. The van der Waals surface area contributed by atoms with E-state index in [0.717, 1.165) is 57.3 Å². The number of carbonyl (C=O) groups excluding carboxylic acids is 2. The van der Waals surface area contributed by atoms with Gasteiger partial charge in [0.1, 0.15) is 0 Å². The van der Waals surface area contributed by atoms with Crippen LogP contribution in [0.2, 0.25) is 0 Å². The number of rotatable bonds is 6. The van der Waals surface area contributed by atoms with Crippen LogP contribution < -0.4 is 10.2 Å². The predicted octanol–water partition coefficient (Wildman–Crippen LogP) is 2.64. The van der Waals surface area contributed by atoms with Gasteiger partial charge in [-0.2, -0.15) is 0 Å². The highest BCUT2D eigenvalue weighted by molar-refractivity contribution is 5.98. The van der Waals surface area contributed by atoms with Crippen LogP contribution in [0, 0.1) is 0 Å². The lowest BCUT2D eigenvalue weighted by atomic mass is 10.1. The van der Waals surface area contributed by atoms with Gasteiger partial charge < -0.3 is 24.9 Å². The topological polar surface area (TPSA) is 72.0 Å². The normalized spacial score (nSPS) is 17.2. The third-order valence-corrected chi connectivity index (χ3v) is 6.58. The smallest absolute Gasteiger partial charge is 0.253 e. The van der Waals surface area contributed by atoms with E-state index >= 15 is 0 Å². The van der Waals surface area contributed by atoms with Crippen LogP contribution in [-0.4, -0.2) is 96.4 Å². The highest BCUT2D eigenvalue weighted by Crippen LogP contribution is 2.25. The van der Waals surface area contributed by atoms with Crippen molar-refractivity contribution < 1.29 is 9.59 Å². The van der Waals surface area contributed by atoms with Crippen molar-refractivity contribution in [3.8, 4) is 0 Å². The van der Waals surface area contributed by atoms with E-state index in [1.807, 2.05) is 28.1 Å². The number of amides is 2. The molecule has 8 nitrogen and oxygen atoms in total. The number of nitrogens with one attached hydrogen (secondary N) is 1. The number of anilines is 2. The van der Waals surface area contributed by atoms with Crippen molar-refractivity contribution in [1.29, 1.82) is 0 Å². The molecule has 0 spiro atoms. The van der Waals surface area contributed by atoms with Crippen LogP contribution in [0.15, 0.2) is 42.6 Å². The average molecular weight is 465 g/mol. The number of hydrogen-bond donors (Lipinski definition) is 1. The lowest BCUT2D eigenvalue weighted by Gasteiger charge is -2.36. The zero-order valence-corrected chi connectivity index (χ0v) is 20.5. The van der Waals surface area contributed by atoms with Gasteiger partial charge in [0.25, 0.3) is 11.8 Å². The molecular formula is C26H36N6O2. The lowest BCUT2D eigenvalue weighted by Crippen LogP contribution is -2.49. The second-order valence-electron chi connectivity index (χ2n) is 9.26. The van der Waals surface area contributed by atoms with Crippen molar-refractivity contribution in [1.82, 2.24) is 19.7 Å². The van der Waals surface area contributed by atoms with E-state index in [9.17, 15) is 9.59 Å². The second kappa shape index (κ2) is 10.9. The maximum absolute atomic E-state index is 13.1. The quantitative estimate of drug-likeness (QED) is 0.709. The Labute approximate surface area is 202 Å². The van der Waals surface area contributed by atoms with E-state index in [1.165, 1.54) is 0 Å². The molecule has 2 fully saturated rings. The summed E-state index contributed by atoms with van der Waals surface area (Å²) >= 11 is 0. The first-order chi connectivity index (χ1) is 16.5. The first-order valence-corrected chi connectivity index (χ1v) is 12.3. The molecule has 1 N–H and O–H groups in total. The van der Waals surface area contributed by atoms with Crippen molar-refractivity contribution in [2.24, 2.45) is 0 Å². The van der Waals surface area contributed by atoms with Gasteiger partial charge >= 0.3 is 0 Å². The Kier molecular flexibility index (Phi) is 7.67. The van der Waals surface area contributed by atoms with E-state index in [4.69, 9.17) is 0 Å². The van der Waals surface area contributed by atoms with Gasteiger partial charge in [-0.25, -0.2) is 4.98 Å². The number of piperazine rings is 2. The minimum Gasteiger partial charge on any atom is -0.380 e. The zero-order chi connectivity index (χ0) is 24.1. The van der Waals surface area contributed by atoms with Gasteiger partial charge in [0.15, 0.2) is 5.82 Å². The van der Waals surface area contributed by atoms with Gasteiger partial charge in [0.05, 0.1) is 5.69 Å². The number of carbonyl (C=O) groups is 2. The SMILES string of the molecule is CCN1CCN(C(=O)c2ccc(C(=O)N3CCN(c4ncccc4NC(C)C)CC3)cc2)CC1. The third kappa shape index (κ3) is 5.50. The van der Waals surface area contributed by atoms with E-state index in [0.29, 0.717) is 30.3 Å². The molecule has 0 bridgehead atoms. The van der Waals surface area contributed by atoms with E-state index in [1.54, 1.807) is 24.3 Å². The van der Waals surface area contributed by atoms with Gasteiger partial charge in [-0.1, -0.05) is 6.92 Å². The fraction of sp³-hybridized carbons (Fsp3) is 0.500. The van der Waals surface area contributed by atoms with E-state index in [2.05, 4.69) is 40.9 Å². The molecule has 4 rings (SSSR count). The lowest BCUT2D eigenvalue weighted by molar-refractivity contribution is 0.0642. The minimum absolute atomic E-state index is 0.0109. The molecule has 0 radical (unpaired) electrons. The molecule has 2 amide bonds. The molecule has 8 heteroatoms. The summed E-state index contributed by atoms with van der Waals surface area (Å²) in [7, 11) is 0. The standard InChI is InChI=1S/C26H36N6O2/c1-4-29-12-14-31(15-13-29)25(33)21-7-9-22(10-8-21)26(34)32-18-16-30(17-19-32)24-23(28-20(2)3)6-5-11-27-24/h5-11,20,28H,4,12-19H2,1-3H3. The minimum atomic E-state index is 0.0109. The van der Waals surface area contributed by atoms with Crippen LogP contribution in [0.5, 0.6) is 0 Å². The molecule has 2 saturated heterocycles. The molecule has 2 aliphatic rings. The molecule has 3 heterocycles. The Bertz CT molecular complexity index is 977. The Balaban J connectivity index is 1.34. The molecule has 1 aromatic carbocycles. The second-order valence-corrected chi connectivity index (χ2v) is 9.26. The first kappa shape index (κ1) is 24.0. The summed E-state index contributed by atoms with van der Waals surface area (Å²) in [5.74, 6) is 0.993. The molecule has 182 valence electrons. The Morgan fingerprint density at radius 2 is 1.38 bits per heavy atom. The Hall–Kier alpha value is -3.13. The third-order valence-electron chi connectivity index (χ3n) is 6.58. The number of nitrogens with zero attached hydrogens (tertiary/aromatic N) is 5. The Morgan fingerprint density at radius 1 is 0.853 bits per heavy atom. The predicted molar refractivity (Wildman–Crippen MR) is 136 cm³/mol. The monoisotopic (exact) mass is 464 g/mol. The van der Waals surface area contributed by atoms with Crippen LogP contribution in [0.4, 0.5) is 11.5 Å². The fourth-order valence-electron chi connectivity index (χ4n) is 4.58. The zero-order valence-electron chi connectivity index (χ0n) is 20.5. The van der Waals surface area contributed by atoms with Gasteiger partial charge in [0, 0.05) is 75.7 Å². The van der Waals surface area contributed by atoms with Crippen molar-refractivity contribution in [3.63, 3.8) is 0 Å². The fourth-order valence-corrected chi connectivity index (χ4v) is 4.58. The van der Waals surface area contributed by atoms with Crippen LogP contribution in [0.3, 0.4) is 0 Å². The number of benzene rings is 1. The summed E-state index contributed by atoms with van der Waals surface area (Å²) in [6.07, 6.45) is 1.81. The molecule has 1 aromatic heterocycles. The molecular weight excluding hydrogens is 428 g/mol. The molecule has 0 saturated carbocycles. The van der Waals surface area contributed by atoms with E-state index < -0.39 is 0 Å². The number of likely N-dealkylation sites (N-methyl/N-ethyl adjacent to an activating group) is 1. The summed E-state index contributed by atoms with van der Waals surface area (Å²) in [5, 5.41) is 3.46. The van der Waals surface area contributed by atoms with Crippen molar-refractivity contribution >= 4 is 23.3 Å². The van der Waals surface area contributed by atoms with Crippen LogP contribution >= 0.6 is 0 Å². The molecule has 0 atom stereocenters. The Morgan fingerprint density at radius 3 is 1.88 bits per heavy atom. The van der Waals surface area contributed by atoms with Crippen LogP contribution in [0.1, 0.15) is 41.5 Å². The average Bonchev–Trinajstić information content (AvgIpc) is 2.88. The molecule has 2 aliphatic heterocycles. The van der Waals surface area contributed by atoms with Gasteiger partial charge in [-0.05, 0) is 56.8 Å². The van der Waals surface area contributed by atoms with Crippen LogP contribution in [0.25, 0.3) is 0 Å². The van der Waals surface area contributed by atoms with Crippen LogP contribution in [-0.2, 0) is 0 Å². The number of hydrogen-bond acceptors (Lipinski definition) is 6. The summed E-state index contributed by atoms with van der Waals surface area (Å²) in [5.41, 5.74) is 2.29. The molecule has 0 unspecified atom stereocenters. The summed E-state index contributed by atoms with van der Waals surface area (Å²) in [6.45, 7) is 13.5. The maximum atomic E-state index is 13.1. The van der Waals surface area contributed by atoms with Gasteiger partial charge in [-0.3, -0.25) is 9.59 Å². The first-order valence-electron chi connectivity index (χ1n) is 12.3. The van der Waals surface area contributed by atoms with Crippen molar-refractivity contribution in [3.05, 3.63) is 53.7 Å². The molecule has 34 heavy (non-hydrogen) atoms. The molecule has 2 aromatic rings. The highest BCUT2D eigenvalue weighted by Gasteiger charge is 2.25. The van der Waals surface area contributed by atoms with E-state index in [-0.39, 0.29) is 11.8 Å². The number of pyridine rings is 1. The summed E-state index contributed by atoms with van der Waals surface area (Å²) in [4.78, 5) is 38.9. The molecule has 0 aliphatic carbocycles. The van der Waals surface area contributed by atoms with Gasteiger partial charge in [0.2, 0.25) is 0 Å². The number of aromatic nitrogens is 1. The highest BCUT2D eigenvalue weighted by atomic mass is 16.2. The summed E-state index contributed by atoms with van der Waals surface area (Å²) < 4.78 is 0.